The van der Waals surface area contributed by atoms with Crippen molar-refractivity contribution in [2.45, 2.75) is 20.8 Å². The quantitative estimate of drug-likeness (QED) is 0.853. The van der Waals surface area contributed by atoms with Crippen molar-refractivity contribution in [1.29, 1.82) is 0 Å². The zero-order valence-corrected chi connectivity index (χ0v) is 11.3. The van der Waals surface area contributed by atoms with Crippen molar-refractivity contribution >= 4 is 12.0 Å². The fraction of sp³-hybridized carbons (Fsp3) is 0.188. The second-order valence-electron chi connectivity index (χ2n) is 4.67. The van der Waals surface area contributed by atoms with Gasteiger partial charge in [-0.1, -0.05) is 17.7 Å². The van der Waals surface area contributed by atoms with E-state index in [9.17, 15) is 4.79 Å². The van der Waals surface area contributed by atoms with E-state index in [1.54, 1.807) is 6.08 Å². The summed E-state index contributed by atoms with van der Waals surface area (Å²) in [5, 5.41) is 8.70. The van der Waals surface area contributed by atoms with E-state index in [0.29, 0.717) is 0 Å². The molecule has 0 aliphatic rings. The molecule has 1 heterocycles. The number of hydrogen-bond donors (Lipinski definition) is 1. The van der Waals surface area contributed by atoms with Crippen LogP contribution >= 0.6 is 0 Å². The van der Waals surface area contributed by atoms with Gasteiger partial charge in [-0.3, -0.25) is 0 Å². The normalized spacial score (nSPS) is 11.1. The molecule has 0 saturated carbocycles. The number of carboxylic acids is 1. The first-order valence-electron chi connectivity index (χ1n) is 6.16. The van der Waals surface area contributed by atoms with E-state index in [2.05, 4.69) is 35.8 Å². The molecule has 1 aromatic heterocycles. The molecular formula is C16H17NO2. The smallest absolute Gasteiger partial charge is 0.328 e. The molecule has 0 aliphatic heterocycles. The third-order valence-corrected chi connectivity index (χ3v) is 3.17. The summed E-state index contributed by atoms with van der Waals surface area (Å²) in [5.41, 5.74) is 5.37. The van der Waals surface area contributed by atoms with Crippen molar-refractivity contribution in [3.05, 3.63) is 58.9 Å². The average Bonchev–Trinajstić information content (AvgIpc) is 2.63. The van der Waals surface area contributed by atoms with Gasteiger partial charge in [0.2, 0.25) is 0 Å². The Labute approximate surface area is 112 Å². The SMILES string of the molecule is Cc1ccc(-n2c(C)cc(/C=C/C(=O)O)c2C)cc1. The Morgan fingerprint density at radius 1 is 1.16 bits per heavy atom. The van der Waals surface area contributed by atoms with E-state index in [4.69, 9.17) is 5.11 Å². The van der Waals surface area contributed by atoms with Crippen molar-refractivity contribution in [3.63, 3.8) is 0 Å². The molecule has 1 N–H and O–H groups in total. The maximum Gasteiger partial charge on any atom is 0.328 e. The van der Waals surface area contributed by atoms with Crippen molar-refractivity contribution in [2.75, 3.05) is 0 Å². The van der Waals surface area contributed by atoms with Crippen LogP contribution in [-0.4, -0.2) is 15.6 Å². The van der Waals surface area contributed by atoms with Gasteiger partial charge < -0.3 is 9.67 Å². The Hall–Kier alpha value is -2.29. The fourth-order valence-corrected chi connectivity index (χ4v) is 2.21. The second-order valence-corrected chi connectivity index (χ2v) is 4.67. The monoisotopic (exact) mass is 255 g/mol. The minimum Gasteiger partial charge on any atom is -0.478 e. The number of rotatable bonds is 3. The summed E-state index contributed by atoms with van der Waals surface area (Å²) in [6.07, 6.45) is 2.80. The molecule has 0 amide bonds. The molecule has 0 atom stereocenters. The zero-order chi connectivity index (χ0) is 14.0. The van der Waals surface area contributed by atoms with Gasteiger partial charge in [0.25, 0.3) is 0 Å². The van der Waals surface area contributed by atoms with Crippen molar-refractivity contribution in [2.24, 2.45) is 0 Å². The molecule has 0 fully saturated rings. The maximum atomic E-state index is 10.6. The second kappa shape index (κ2) is 5.14. The summed E-state index contributed by atoms with van der Waals surface area (Å²) in [4.78, 5) is 10.6. The van der Waals surface area contributed by atoms with Gasteiger partial charge in [-0.15, -0.1) is 0 Å². The third-order valence-electron chi connectivity index (χ3n) is 3.17. The molecule has 0 bridgehead atoms. The van der Waals surface area contributed by atoms with Gasteiger partial charge >= 0.3 is 5.97 Å². The van der Waals surface area contributed by atoms with E-state index >= 15 is 0 Å². The lowest BCUT2D eigenvalue weighted by molar-refractivity contribution is -0.131. The predicted octanol–water partition coefficient (Wildman–Crippen LogP) is 3.50. The van der Waals surface area contributed by atoms with Gasteiger partial charge in [0.05, 0.1) is 0 Å². The Bertz CT molecular complexity index is 634. The van der Waals surface area contributed by atoms with Crippen LogP contribution in [0.4, 0.5) is 0 Å². The molecule has 19 heavy (non-hydrogen) atoms. The van der Waals surface area contributed by atoms with Gasteiger partial charge in [0.1, 0.15) is 0 Å². The molecule has 2 rings (SSSR count). The lowest BCUT2D eigenvalue weighted by atomic mass is 10.2. The van der Waals surface area contributed by atoms with E-state index in [0.717, 1.165) is 22.6 Å². The number of aliphatic carboxylic acids is 1. The van der Waals surface area contributed by atoms with Crippen molar-refractivity contribution < 1.29 is 9.90 Å². The van der Waals surface area contributed by atoms with Crippen LogP contribution in [0.25, 0.3) is 11.8 Å². The lowest BCUT2D eigenvalue weighted by Gasteiger charge is -2.09. The Morgan fingerprint density at radius 2 is 1.79 bits per heavy atom. The number of aromatic nitrogens is 1. The average molecular weight is 255 g/mol. The predicted molar refractivity (Wildman–Crippen MR) is 76.6 cm³/mol. The number of nitrogens with zero attached hydrogens (tertiary/aromatic N) is 1. The van der Waals surface area contributed by atoms with Crippen LogP contribution in [0.15, 0.2) is 36.4 Å². The summed E-state index contributed by atoms with van der Waals surface area (Å²) in [6.45, 7) is 6.07. The third kappa shape index (κ3) is 2.76. The van der Waals surface area contributed by atoms with Crippen LogP contribution < -0.4 is 0 Å². The Balaban J connectivity index is 2.47. The Morgan fingerprint density at radius 3 is 2.37 bits per heavy atom. The number of benzene rings is 1. The van der Waals surface area contributed by atoms with Crippen LogP contribution in [0.2, 0.25) is 0 Å². The van der Waals surface area contributed by atoms with E-state index in [1.807, 2.05) is 19.9 Å². The molecular weight excluding hydrogens is 238 g/mol. The Kier molecular flexibility index (Phi) is 3.56. The summed E-state index contributed by atoms with van der Waals surface area (Å²) in [7, 11) is 0. The number of hydrogen-bond acceptors (Lipinski definition) is 1. The minimum absolute atomic E-state index is 0.930. The van der Waals surface area contributed by atoms with E-state index in [1.165, 1.54) is 11.6 Å². The first-order valence-corrected chi connectivity index (χ1v) is 6.16. The highest BCUT2D eigenvalue weighted by Gasteiger charge is 2.08. The first kappa shape index (κ1) is 13.1. The first-order chi connectivity index (χ1) is 8.99. The molecule has 0 aliphatic carbocycles. The molecule has 1 aromatic carbocycles. The molecule has 3 heteroatoms. The van der Waals surface area contributed by atoms with Crippen molar-refractivity contribution in [3.8, 4) is 5.69 Å². The van der Waals surface area contributed by atoms with Crippen LogP contribution in [0, 0.1) is 20.8 Å². The topological polar surface area (TPSA) is 42.2 Å². The standard InChI is InChI=1S/C16H17NO2/c1-11-4-7-15(8-5-11)17-12(2)10-14(13(17)3)6-9-16(18)19/h4-10H,1-3H3,(H,18,19)/b9-6+. The highest BCUT2D eigenvalue weighted by Crippen LogP contribution is 2.22. The van der Waals surface area contributed by atoms with Gasteiger partial charge in [-0.05, 0) is 50.6 Å². The van der Waals surface area contributed by atoms with E-state index < -0.39 is 5.97 Å². The van der Waals surface area contributed by atoms with Gasteiger partial charge in [0.15, 0.2) is 0 Å². The molecule has 2 aromatic rings. The molecule has 0 saturated heterocycles. The largest absolute Gasteiger partial charge is 0.478 e. The van der Waals surface area contributed by atoms with Gasteiger partial charge in [0, 0.05) is 23.2 Å². The molecule has 3 nitrogen and oxygen atoms in total. The highest BCUT2D eigenvalue weighted by molar-refractivity contribution is 5.85. The molecule has 0 spiro atoms. The minimum atomic E-state index is -0.930. The number of carboxylic acid groups (broad SMARTS) is 1. The lowest BCUT2D eigenvalue weighted by Crippen LogP contribution is -1.98. The number of aryl methyl sites for hydroxylation is 2. The van der Waals surface area contributed by atoms with Crippen LogP contribution in [-0.2, 0) is 4.79 Å². The molecule has 0 unspecified atom stereocenters. The zero-order valence-electron chi connectivity index (χ0n) is 11.3. The summed E-state index contributed by atoms with van der Waals surface area (Å²) in [5.74, 6) is -0.930. The van der Waals surface area contributed by atoms with E-state index in [-0.39, 0.29) is 0 Å². The molecule has 98 valence electrons. The van der Waals surface area contributed by atoms with Crippen LogP contribution in [0.3, 0.4) is 0 Å². The van der Waals surface area contributed by atoms with Crippen LogP contribution in [0.5, 0.6) is 0 Å². The van der Waals surface area contributed by atoms with Gasteiger partial charge in [-0.25, -0.2) is 4.79 Å². The summed E-state index contributed by atoms with van der Waals surface area (Å²) in [6, 6.07) is 10.3. The summed E-state index contributed by atoms with van der Waals surface area (Å²) >= 11 is 0. The highest BCUT2D eigenvalue weighted by atomic mass is 16.4. The van der Waals surface area contributed by atoms with Crippen molar-refractivity contribution in [1.82, 2.24) is 4.57 Å². The van der Waals surface area contributed by atoms with Gasteiger partial charge in [-0.2, -0.15) is 0 Å². The summed E-state index contributed by atoms with van der Waals surface area (Å²) < 4.78 is 2.13. The fourth-order valence-electron chi connectivity index (χ4n) is 2.21. The molecule has 0 radical (unpaired) electrons. The number of carbonyl (C=O) groups is 1. The van der Waals surface area contributed by atoms with Crippen LogP contribution in [0.1, 0.15) is 22.5 Å². The maximum absolute atomic E-state index is 10.6.